The average molecular weight is 395 g/mol. The van der Waals surface area contributed by atoms with E-state index in [0.29, 0.717) is 6.42 Å². The van der Waals surface area contributed by atoms with Crippen LogP contribution in [-0.4, -0.2) is 54.5 Å². The van der Waals surface area contributed by atoms with E-state index in [4.69, 9.17) is 0 Å². The van der Waals surface area contributed by atoms with Crippen LogP contribution in [0.25, 0.3) is 0 Å². The minimum absolute atomic E-state index is 0.102. The van der Waals surface area contributed by atoms with Gasteiger partial charge >= 0.3 is 0 Å². The minimum Gasteiger partial charge on any atom is -0.508 e. The molecule has 3 rings (SSSR count). The van der Waals surface area contributed by atoms with Gasteiger partial charge in [-0.15, -0.1) is 0 Å². The third-order valence-corrected chi connectivity index (χ3v) is 6.15. The fourth-order valence-electron chi connectivity index (χ4n) is 4.60. The van der Waals surface area contributed by atoms with Gasteiger partial charge in [-0.05, 0) is 68.9 Å². The smallest absolute Gasteiger partial charge is 0.233 e. The van der Waals surface area contributed by atoms with Gasteiger partial charge in [-0.25, -0.2) is 0 Å². The zero-order valence-corrected chi connectivity index (χ0v) is 17.8. The van der Waals surface area contributed by atoms with Crippen LogP contribution in [0.4, 0.5) is 0 Å². The van der Waals surface area contributed by atoms with Crippen molar-refractivity contribution in [1.82, 2.24) is 9.80 Å². The van der Waals surface area contributed by atoms with Crippen LogP contribution < -0.4 is 0 Å². The van der Waals surface area contributed by atoms with Crippen molar-refractivity contribution in [1.29, 1.82) is 0 Å². The Morgan fingerprint density at radius 1 is 1.00 bits per heavy atom. The highest BCUT2D eigenvalue weighted by molar-refractivity contribution is 5.88. The summed E-state index contributed by atoms with van der Waals surface area (Å²) in [7, 11) is 3.66. The van der Waals surface area contributed by atoms with Crippen molar-refractivity contribution in [2.75, 3.05) is 33.7 Å². The number of carbonyl (C=O) groups excluding carboxylic acids is 1. The highest BCUT2D eigenvalue weighted by Crippen LogP contribution is 2.37. The van der Waals surface area contributed by atoms with Crippen LogP contribution in [0.3, 0.4) is 0 Å². The molecule has 29 heavy (non-hydrogen) atoms. The molecule has 0 spiro atoms. The van der Waals surface area contributed by atoms with Gasteiger partial charge in [0.15, 0.2) is 0 Å². The molecule has 1 heterocycles. The number of piperidine rings is 1. The Morgan fingerprint density at radius 3 is 2.31 bits per heavy atom. The van der Waals surface area contributed by atoms with Gasteiger partial charge in [0.05, 0.1) is 5.41 Å². The zero-order valence-electron chi connectivity index (χ0n) is 17.8. The summed E-state index contributed by atoms with van der Waals surface area (Å²) < 4.78 is 0. The van der Waals surface area contributed by atoms with Gasteiger partial charge in [0.2, 0.25) is 5.91 Å². The van der Waals surface area contributed by atoms with Crippen molar-refractivity contribution in [2.24, 2.45) is 0 Å². The molecule has 156 valence electrons. The number of amides is 1. The molecular formula is C25H34N2O2. The van der Waals surface area contributed by atoms with E-state index in [1.54, 1.807) is 11.0 Å². The number of likely N-dealkylation sites (N-methyl/N-ethyl adjacent to an activating group) is 1. The highest BCUT2D eigenvalue weighted by Gasteiger charge is 2.41. The maximum Gasteiger partial charge on any atom is 0.233 e. The van der Waals surface area contributed by atoms with Gasteiger partial charge in [0, 0.05) is 14.1 Å². The molecule has 1 fully saturated rings. The van der Waals surface area contributed by atoms with Crippen molar-refractivity contribution in [2.45, 2.75) is 43.9 Å². The van der Waals surface area contributed by atoms with Crippen LogP contribution in [0.5, 0.6) is 5.75 Å². The molecule has 1 unspecified atom stereocenters. The first kappa shape index (κ1) is 21.4. The van der Waals surface area contributed by atoms with E-state index in [1.165, 1.54) is 32.4 Å². The first-order valence-electron chi connectivity index (χ1n) is 10.8. The predicted octanol–water partition coefficient (Wildman–Crippen LogP) is 4.23. The van der Waals surface area contributed by atoms with Gasteiger partial charge in [-0.3, -0.25) is 4.79 Å². The molecule has 0 saturated carbocycles. The summed E-state index contributed by atoms with van der Waals surface area (Å²) >= 11 is 0. The van der Waals surface area contributed by atoms with E-state index in [9.17, 15) is 9.90 Å². The average Bonchev–Trinajstić information content (AvgIpc) is 2.75. The molecule has 0 aliphatic carbocycles. The highest BCUT2D eigenvalue weighted by atomic mass is 16.3. The van der Waals surface area contributed by atoms with Crippen molar-refractivity contribution in [3.63, 3.8) is 0 Å². The number of hydrogen-bond acceptors (Lipinski definition) is 3. The molecule has 4 nitrogen and oxygen atoms in total. The maximum atomic E-state index is 13.6. The van der Waals surface area contributed by atoms with Crippen LogP contribution in [-0.2, 0) is 16.6 Å². The molecule has 1 atom stereocenters. The number of rotatable bonds is 8. The van der Waals surface area contributed by atoms with E-state index >= 15 is 0 Å². The summed E-state index contributed by atoms with van der Waals surface area (Å²) in [6.07, 6.45) is 6.11. The molecular weight excluding hydrogens is 360 g/mol. The van der Waals surface area contributed by atoms with Crippen LogP contribution in [0.2, 0.25) is 0 Å². The number of phenolic OH excluding ortho intramolecular Hbond substituents is 1. The van der Waals surface area contributed by atoms with Crippen molar-refractivity contribution < 1.29 is 9.90 Å². The lowest BCUT2D eigenvalue weighted by molar-refractivity contribution is -0.135. The Morgan fingerprint density at radius 2 is 1.66 bits per heavy atom. The summed E-state index contributed by atoms with van der Waals surface area (Å²) in [6.45, 7) is 3.36. The quantitative estimate of drug-likeness (QED) is 0.729. The van der Waals surface area contributed by atoms with Gasteiger partial charge in [0.25, 0.3) is 0 Å². The van der Waals surface area contributed by atoms with Crippen molar-refractivity contribution in [3.05, 3.63) is 65.7 Å². The molecule has 0 aromatic heterocycles. The fourth-order valence-corrected chi connectivity index (χ4v) is 4.60. The van der Waals surface area contributed by atoms with Crippen molar-refractivity contribution in [3.8, 4) is 5.75 Å². The van der Waals surface area contributed by atoms with Crippen LogP contribution in [0.15, 0.2) is 54.6 Å². The standard InChI is InChI=1S/C25H34N2O2/c1-26(2)24(29)25(22-13-5-3-6-14-22,20-21-12-7-8-15-23(21)28)16-11-19-27-17-9-4-10-18-27/h3,5-8,12-15,28H,4,9-11,16-20H2,1-2H3. The fraction of sp³-hybridized carbons (Fsp3) is 0.480. The summed E-state index contributed by atoms with van der Waals surface area (Å²) in [4.78, 5) is 17.8. The predicted molar refractivity (Wildman–Crippen MR) is 118 cm³/mol. The third kappa shape index (κ3) is 5.18. The molecule has 1 aliphatic rings. The Hall–Kier alpha value is -2.33. The molecule has 0 bridgehead atoms. The van der Waals surface area contributed by atoms with E-state index in [1.807, 2.05) is 50.5 Å². The largest absolute Gasteiger partial charge is 0.508 e. The molecule has 1 saturated heterocycles. The number of phenols is 1. The topological polar surface area (TPSA) is 43.8 Å². The Kier molecular flexibility index (Phi) is 7.32. The summed E-state index contributed by atoms with van der Waals surface area (Å²) in [5.41, 5.74) is 1.17. The molecule has 1 N–H and O–H groups in total. The monoisotopic (exact) mass is 394 g/mol. The lowest BCUT2D eigenvalue weighted by Gasteiger charge is -2.37. The molecule has 1 amide bonds. The second-order valence-corrected chi connectivity index (χ2v) is 8.46. The third-order valence-electron chi connectivity index (χ3n) is 6.15. The lowest BCUT2D eigenvalue weighted by atomic mass is 9.71. The molecule has 2 aromatic carbocycles. The van der Waals surface area contributed by atoms with Crippen molar-refractivity contribution >= 4 is 5.91 Å². The minimum atomic E-state index is -0.681. The zero-order chi connectivity index (χ0) is 20.7. The molecule has 2 aromatic rings. The van der Waals surface area contributed by atoms with Crippen LogP contribution >= 0.6 is 0 Å². The van der Waals surface area contributed by atoms with Gasteiger partial charge < -0.3 is 14.9 Å². The lowest BCUT2D eigenvalue weighted by Crippen LogP contribution is -2.46. The number of benzene rings is 2. The van der Waals surface area contributed by atoms with Gasteiger partial charge in [-0.1, -0.05) is 55.0 Å². The van der Waals surface area contributed by atoms with Gasteiger partial charge in [0.1, 0.15) is 5.75 Å². The number of carbonyl (C=O) groups is 1. The Balaban J connectivity index is 1.92. The Bertz CT molecular complexity index is 784. The van der Waals surface area contributed by atoms with E-state index < -0.39 is 5.41 Å². The first-order valence-corrected chi connectivity index (χ1v) is 10.8. The molecule has 1 aliphatic heterocycles. The number of aromatic hydroxyl groups is 1. The maximum absolute atomic E-state index is 13.6. The first-order chi connectivity index (χ1) is 14.0. The van der Waals surface area contributed by atoms with E-state index in [0.717, 1.165) is 30.5 Å². The van der Waals surface area contributed by atoms with E-state index in [-0.39, 0.29) is 11.7 Å². The normalized spacial score (nSPS) is 16.9. The van der Waals surface area contributed by atoms with Gasteiger partial charge in [-0.2, -0.15) is 0 Å². The van der Waals surface area contributed by atoms with Crippen LogP contribution in [0.1, 0.15) is 43.2 Å². The summed E-state index contributed by atoms with van der Waals surface area (Å²) in [5.74, 6) is 0.362. The second kappa shape index (κ2) is 9.93. The van der Waals surface area contributed by atoms with Crippen LogP contribution in [0, 0.1) is 0 Å². The molecule has 4 heteroatoms. The number of hydrogen-bond donors (Lipinski definition) is 1. The van der Waals surface area contributed by atoms with E-state index in [2.05, 4.69) is 17.0 Å². The Labute approximate surface area is 175 Å². The summed E-state index contributed by atoms with van der Waals surface area (Å²) in [5, 5.41) is 10.4. The number of para-hydroxylation sites is 1. The number of nitrogens with zero attached hydrogens (tertiary/aromatic N) is 2. The SMILES string of the molecule is CN(C)C(=O)C(CCCN1CCCCC1)(Cc1ccccc1O)c1ccccc1. The molecule has 0 radical (unpaired) electrons. The summed E-state index contributed by atoms with van der Waals surface area (Å²) in [6, 6.07) is 17.5. The number of likely N-dealkylation sites (tertiary alicyclic amines) is 1. The second-order valence-electron chi connectivity index (χ2n) is 8.46.